The standard InChI is InChI=1S/C15H12BrNS/c16-15-6-4-12(5-7-15)10-18-11-14-3-1-2-13(8-14)9-17/h1-8H,10-11H2. The molecule has 0 unspecified atom stereocenters. The number of thioether (sulfide) groups is 1. The van der Waals surface area contributed by atoms with E-state index < -0.39 is 0 Å². The molecule has 0 saturated heterocycles. The normalized spacial score (nSPS) is 10.0. The molecular weight excluding hydrogens is 306 g/mol. The molecule has 0 aromatic heterocycles. The second kappa shape index (κ2) is 6.63. The van der Waals surface area contributed by atoms with Crippen LogP contribution in [0.4, 0.5) is 0 Å². The third kappa shape index (κ3) is 3.90. The molecule has 3 heteroatoms. The molecule has 0 amide bonds. The highest BCUT2D eigenvalue weighted by Gasteiger charge is 1.97. The SMILES string of the molecule is N#Cc1cccc(CSCc2ccc(Br)cc2)c1. The molecule has 2 aromatic rings. The van der Waals surface area contributed by atoms with E-state index >= 15 is 0 Å². The maximum atomic E-state index is 8.83. The quantitative estimate of drug-likeness (QED) is 0.812. The molecule has 2 rings (SSSR count). The first-order chi connectivity index (χ1) is 8.78. The summed E-state index contributed by atoms with van der Waals surface area (Å²) in [5.74, 6) is 1.93. The van der Waals surface area contributed by atoms with Crippen LogP contribution < -0.4 is 0 Å². The van der Waals surface area contributed by atoms with E-state index in [1.807, 2.05) is 30.0 Å². The van der Waals surface area contributed by atoms with Gasteiger partial charge in [0.25, 0.3) is 0 Å². The lowest BCUT2D eigenvalue weighted by molar-refractivity contribution is 1.35. The van der Waals surface area contributed by atoms with Crippen LogP contribution in [0.25, 0.3) is 0 Å². The highest BCUT2D eigenvalue weighted by molar-refractivity contribution is 9.10. The summed E-state index contributed by atoms with van der Waals surface area (Å²) >= 11 is 5.29. The van der Waals surface area contributed by atoms with Crippen LogP contribution in [0.1, 0.15) is 16.7 Å². The van der Waals surface area contributed by atoms with Gasteiger partial charge in [-0.2, -0.15) is 17.0 Å². The van der Waals surface area contributed by atoms with Crippen molar-refractivity contribution in [3.8, 4) is 6.07 Å². The Balaban J connectivity index is 1.88. The molecular formula is C15H12BrNS. The number of nitriles is 1. The highest BCUT2D eigenvalue weighted by atomic mass is 79.9. The molecule has 0 fully saturated rings. The first kappa shape index (κ1) is 13.2. The Bertz CT molecular complexity index is 557. The molecule has 0 aliphatic heterocycles. The van der Waals surface area contributed by atoms with Crippen LogP contribution >= 0.6 is 27.7 Å². The zero-order chi connectivity index (χ0) is 12.8. The van der Waals surface area contributed by atoms with Gasteiger partial charge in [0.2, 0.25) is 0 Å². The molecule has 0 aliphatic rings. The topological polar surface area (TPSA) is 23.8 Å². The van der Waals surface area contributed by atoms with Gasteiger partial charge in [-0.3, -0.25) is 0 Å². The van der Waals surface area contributed by atoms with E-state index in [9.17, 15) is 0 Å². The van der Waals surface area contributed by atoms with Crippen LogP contribution in [0.2, 0.25) is 0 Å². The van der Waals surface area contributed by atoms with Gasteiger partial charge < -0.3 is 0 Å². The minimum atomic E-state index is 0.733. The molecule has 1 nitrogen and oxygen atoms in total. The molecule has 0 radical (unpaired) electrons. The van der Waals surface area contributed by atoms with Gasteiger partial charge in [0.1, 0.15) is 0 Å². The number of hydrogen-bond donors (Lipinski definition) is 0. The second-order valence-electron chi connectivity index (χ2n) is 3.93. The lowest BCUT2D eigenvalue weighted by Gasteiger charge is -2.03. The third-order valence-electron chi connectivity index (χ3n) is 2.51. The van der Waals surface area contributed by atoms with Crippen LogP contribution in [0.15, 0.2) is 53.0 Å². The summed E-state index contributed by atoms with van der Waals surface area (Å²) < 4.78 is 1.11. The van der Waals surface area contributed by atoms with Crippen molar-refractivity contribution in [1.82, 2.24) is 0 Å². The zero-order valence-corrected chi connectivity index (χ0v) is 12.2. The molecule has 2 aromatic carbocycles. The lowest BCUT2D eigenvalue weighted by atomic mass is 10.2. The Morgan fingerprint density at radius 3 is 2.44 bits per heavy atom. The van der Waals surface area contributed by atoms with Crippen molar-refractivity contribution in [2.75, 3.05) is 0 Å². The van der Waals surface area contributed by atoms with Gasteiger partial charge in [-0.25, -0.2) is 0 Å². The summed E-state index contributed by atoms with van der Waals surface area (Å²) in [5, 5.41) is 8.83. The predicted molar refractivity (Wildman–Crippen MR) is 80.3 cm³/mol. The minimum Gasteiger partial charge on any atom is -0.192 e. The molecule has 0 heterocycles. The van der Waals surface area contributed by atoms with Crippen LogP contribution in [0.3, 0.4) is 0 Å². The summed E-state index contributed by atoms with van der Waals surface area (Å²) in [6.07, 6.45) is 0. The maximum absolute atomic E-state index is 8.83. The second-order valence-corrected chi connectivity index (χ2v) is 5.83. The number of rotatable bonds is 4. The molecule has 0 saturated carbocycles. The van der Waals surface area contributed by atoms with Crippen molar-refractivity contribution < 1.29 is 0 Å². The van der Waals surface area contributed by atoms with Crippen LogP contribution in [-0.4, -0.2) is 0 Å². The van der Waals surface area contributed by atoms with E-state index in [2.05, 4.69) is 52.3 Å². The van der Waals surface area contributed by atoms with E-state index in [-0.39, 0.29) is 0 Å². The number of nitrogens with zero attached hydrogens (tertiary/aromatic N) is 1. The molecule has 90 valence electrons. The first-order valence-corrected chi connectivity index (χ1v) is 7.54. The van der Waals surface area contributed by atoms with E-state index in [1.54, 1.807) is 0 Å². The fourth-order valence-electron chi connectivity index (χ4n) is 1.60. The minimum absolute atomic E-state index is 0.733. The van der Waals surface area contributed by atoms with E-state index in [4.69, 9.17) is 5.26 Å². The summed E-state index contributed by atoms with van der Waals surface area (Å²) in [7, 11) is 0. The Morgan fingerprint density at radius 2 is 1.72 bits per heavy atom. The third-order valence-corrected chi connectivity index (χ3v) is 4.11. The van der Waals surface area contributed by atoms with E-state index in [1.165, 1.54) is 11.1 Å². The van der Waals surface area contributed by atoms with Gasteiger partial charge in [0, 0.05) is 16.0 Å². The number of halogens is 1. The maximum Gasteiger partial charge on any atom is 0.0991 e. The van der Waals surface area contributed by atoms with Gasteiger partial charge in [-0.05, 0) is 35.4 Å². The van der Waals surface area contributed by atoms with Gasteiger partial charge in [-0.15, -0.1) is 0 Å². The Hall–Kier alpha value is -1.24. The van der Waals surface area contributed by atoms with Crippen molar-refractivity contribution in [3.05, 3.63) is 69.7 Å². The zero-order valence-electron chi connectivity index (χ0n) is 9.77. The van der Waals surface area contributed by atoms with Crippen molar-refractivity contribution in [2.45, 2.75) is 11.5 Å². The van der Waals surface area contributed by atoms with Gasteiger partial charge in [-0.1, -0.05) is 40.2 Å². The summed E-state index contributed by atoms with van der Waals surface area (Å²) in [6.45, 7) is 0. The number of hydrogen-bond acceptors (Lipinski definition) is 2. The summed E-state index contributed by atoms with van der Waals surface area (Å²) in [6, 6.07) is 18.3. The Morgan fingerprint density at radius 1 is 1.00 bits per heavy atom. The van der Waals surface area contributed by atoms with Gasteiger partial charge in [0.15, 0.2) is 0 Å². The molecule has 0 atom stereocenters. The van der Waals surface area contributed by atoms with Crippen LogP contribution in [0, 0.1) is 11.3 Å². The first-order valence-electron chi connectivity index (χ1n) is 5.59. The molecule has 0 bridgehead atoms. The summed E-state index contributed by atoms with van der Waals surface area (Å²) in [4.78, 5) is 0. The van der Waals surface area contributed by atoms with Crippen molar-refractivity contribution in [1.29, 1.82) is 5.26 Å². The van der Waals surface area contributed by atoms with E-state index in [0.717, 1.165) is 21.5 Å². The fourth-order valence-corrected chi connectivity index (χ4v) is 2.81. The lowest BCUT2D eigenvalue weighted by Crippen LogP contribution is -1.84. The highest BCUT2D eigenvalue weighted by Crippen LogP contribution is 2.20. The average molecular weight is 318 g/mol. The average Bonchev–Trinajstić information content (AvgIpc) is 2.41. The molecule has 0 N–H and O–H groups in total. The smallest absolute Gasteiger partial charge is 0.0991 e. The number of benzene rings is 2. The molecule has 0 aliphatic carbocycles. The monoisotopic (exact) mass is 317 g/mol. The fraction of sp³-hybridized carbons (Fsp3) is 0.133. The van der Waals surface area contributed by atoms with Gasteiger partial charge >= 0.3 is 0 Å². The molecule has 0 spiro atoms. The largest absolute Gasteiger partial charge is 0.192 e. The summed E-state index contributed by atoms with van der Waals surface area (Å²) in [5.41, 5.74) is 3.26. The van der Waals surface area contributed by atoms with E-state index in [0.29, 0.717) is 0 Å². The Kier molecular flexibility index (Phi) is 4.86. The molecule has 18 heavy (non-hydrogen) atoms. The predicted octanol–water partition coefficient (Wildman–Crippen LogP) is 4.75. The van der Waals surface area contributed by atoms with Crippen LogP contribution in [0.5, 0.6) is 0 Å². The van der Waals surface area contributed by atoms with Crippen molar-refractivity contribution in [2.24, 2.45) is 0 Å². The van der Waals surface area contributed by atoms with Crippen LogP contribution in [-0.2, 0) is 11.5 Å². The van der Waals surface area contributed by atoms with Gasteiger partial charge in [0.05, 0.1) is 11.6 Å². The Labute approximate surface area is 120 Å². The van der Waals surface area contributed by atoms with Crippen molar-refractivity contribution in [3.63, 3.8) is 0 Å². The van der Waals surface area contributed by atoms with Crippen molar-refractivity contribution >= 4 is 27.7 Å².